The van der Waals surface area contributed by atoms with Crippen LogP contribution in [0.3, 0.4) is 0 Å². The van der Waals surface area contributed by atoms with E-state index in [0.29, 0.717) is 0 Å². The molecule has 0 fully saturated rings. The van der Waals surface area contributed by atoms with E-state index < -0.39 is 0 Å². The lowest BCUT2D eigenvalue weighted by Gasteiger charge is -2.03. The molecule has 214 valence electrons. The highest BCUT2D eigenvalue weighted by Gasteiger charge is 2.02. The van der Waals surface area contributed by atoms with Crippen molar-refractivity contribution in [3.63, 3.8) is 0 Å². The molecule has 1 aromatic heterocycles. The van der Waals surface area contributed by atoms with Gasteiger partial charge in [0.1, 0.15) is 6.54 Å². The standard InChI is InChI=1S/C36H66N/c1-3-5-7-9-11-13-15-16-17-18-19-21-23-25-27-29-33-37-34-31-36(32-35-37)30-28-26-24-22-20-14-12-10-8-6-4-2/h16-17,31-32,34-35H,3-15,18-30,33H2,1-2H3/q+1/b17-16-. The highest BCUT2D eigenvalue weighted by molar-refractivity contribution is 5.07. The minimum Gasteiger partial charge on any atom is -0.205 e. The predicted molar refractivity (Wildman–Crippen MR) is 166 cm³/mol. The number of allylic oxidation sites excluding steroid dienone is 2. The van der Waals surface area contributed by atoms with Crippen molar-refractivity contribution in [3.8, 4) is 0 Å². The minimum absolute atomic E-state index is 1.18. The molecular formula is C36H66N+. The van der Waals surface area contributed by atoms with Gasteiger partial charge in [-0.3, -0.25) is 0 Å². The summed E-state index contributed by atoms with van der Waals surface area (Å²) in [6, 6.07) is 4.71. The summed E-state index contributed by atoms with van der Waals surface area (Å²) in [5.41, 5.74) is 1.52. The Morgan fingerprint density at radius 1 is 0.459 bits per heavy atom. The first kappa shape index (κ1) is 33.9. The number of hydrogen-bond donors (Lipinski definition) is 0. The fraction of sp³-hybridized carbons (Fsp3) is 0.806. The molecule has 1 heteroatoms. The molecule has 0 N–H and O–H groups in total. The van der Waals surface area contributed by atoms with E-state index in [9.17, 15) is 0 Å². The number of hydrogen-bond acceptors (Lipinski definition) is 0. The Labute approximate surface area is 233 Å². The zero-order valence-electron chi connectivity index (χ0n) is 25.5. The second kappa shape index (κ2) is 27.9. The molecule has 0 atom stereocenters. The Balaban J connectivity index is 1.86. The molecule has 0 amide bonds. The zero-order valence-corrected chi connectivity index (χ0v) is 25.5. The molecule has 0 aromatic carbocycles. The summed E-state index contributed by atoms with van der Waals surface area (Å²) < 4.78 is 2.39. The van der Waals surface area contributed by atoms with E-state index in [-0.39, 0.29) is 0 Å². The van der Waals surface area contributed by atoms with Crippen LogP contribution in [0.1, 0.15) is 180 Å². The summed E-state index contributed by atoms with van der Waals surface area (Å²) in [6.07, 6.45) is 45.8. The van der Waals surface area contributed by atoms with Crippen LogP contribution in [-0.2, 0) is 13.0 Å². The fourth-order valence-corrected chi connectivity index (χ4v) is 5.34. The van der Waals surface area contributed by atoms with Crippen molar-refractivity contribution in [2.24, 2.45) is 0 Å². The van der Waals surface area contributed by atoms with Gasteiger partial charge < -0.3 is 0 Å². The first-order chi connectivity index (χ1) is 18.4. The van der Waals surface area contributed by atoms with Gasteiger partial charge in [-0.2, -0.15) is 0 Å². The van der Waals surface area contributed by atoms with E-state index in [4.69, 9.17) is 0 Å². The van der Waals surface area contributed by atoms with Crippen LogP contribution in [0.4, 0.5) is 0 Å². The molecule has 0 bridgehead atoms. The largest absolute Gasteiger partial charge is 0.205 e. The third kappa shape index (κ3) is 23.7. The van der Waals surface area contributed by atoms with Gasteiger partial charge in [-0.05, 0) is 50.5 Å². The number of aromatic nitrogens is 1. The fourth-order valence-electron chi connectivity index (χ4n) is 5.34. The first-order valence-corrected chi connectivity index (χ1v) is 17.0. The van der Waals surface area contributed by atoms with Crippen LogP contribution in [0.15, 0.2) is 36.7 Å². The molecule has 0 radical (unpaired) electrons. The lowest BCUT2D eigenvalue weighted by Crippen LogP contribution is -2.32. The molecule has 1 rings (SSSR count). The maximum atomic E-state index is 2.43. The Morgan fingerprint density at radius 3 is 1.30 bits per heavy atom. The molecule has 37 heavy (non-hydrogen) atoms. The van der Waals surface area contributed by atoms with Gasteiger partial charge in [-0.25, -0.2) is 4.57 Å². The quantitative estimate of drug-likeness (QED) is 0.0597. The minimum atomic E-state index is 1.18. The van der Waals surface area contributed by atoms with E-state index in [1.54, 1.807) is 0 Å². The zero-order chi connectivity index (χ0) is 26.5. The summed E-state index contributed by atoms with van der Waals surface area (Å²) in [7, 11) is 0. The van der Waals surface area contributed by atoms with Crippen LogP contribution in [0.25, 0.3) is 0 Å². The van der Waals surface area contributed by atoms with Gasteiger partial charge in [0, 0.05) is 18.6 Å². The van der Waals surface area contributed by atoms with Gasteiger partial charge in [0.25, 0.3) is 0 Å². The summed E-state index contributed by atoms with van der Waals surface area (Å²) in [4.78, 5) is 0. The molecule has 0 saturated carbocycles. The van der Waals surface area contributed by atoms with Gasteiger partial charge in [0.05, 0.1) is 0 Å². The van der Waals surface area contributed by atoms with Crippen molar-refractivity contribution >= 4 is 0 Å². The third-order valence-corrected chi connectivity index (χ3v) is 7.96. The SMILES string of the molecule is CCCCCCCC/C=C\CCCCCCCC[n+]1ccc(CCCCCCCCCCCCC)cc1. The molecule has 0 aliphatic heterocycles. The Kier molecular flexibility index (Phi) is 25.6. The highest BCUT2D eigenvalue weighted by Crippen LogP contribution is 2.13. The van der Waals surface area contributed by atoms with Crippen LogP contribution in [0.5, 0.6) is 0 Å². The number of nitrogens with zero attached hydrogens (tertiary/aromatic N) is 1. The molecule has 1 nitrogen and oxygen atoms in total. The summed E-state index contributed by atoms with van der Waals surface area (Å²) in [6.45, 7) is 5.77. The molecule has 0 spiro atoms. The van der Waals surface area contributed by atoms with E-state index in [1.165, 1.54) is 179 Å². The average molecular weight is 513 g/mol. The van der Waals surface area contributed by atoms with E-state index in [0.717, 1.165) is 0 Å². The van der Waals surface area contributed by atoms with Gasteiger partial charge in [0.2, 0.25) is 0 Å². The van der Waals surface area contributed by atoms with Crippen molar-refractivity contribution in [2.75, 3.05) is 0 Å². The van der Waals surface area contributed by atoms with Crippen molar-refractivity contribution in [1.82, 2.24) is 0 Å². The van der Waals surface area contributed by atoms with Crippen molar-refractivity contribution in [3.05, 3.63) is 42.2 Å². The molecule has 1 heterocycles. The Bertz CT molecular complexity index is 587. The van der Waals surface area contributed by atoms with Gasteiger partial charge >= 0.3 is 0 Å². The summed E-state index contributed by atoms with van der Waals surface area (Å²) >= 11 is 0. The molecular weight excluding hydrogens is 446 g/mol. The van der Waals surface area contributed by atoms with Crippen molar-refractivity contribution < 1.29 is 4.57 Å². The topological polar surface area (TPSA) is 3.88 Å². The molecule has 0 saturated heterocycles. The third-order valence-electron chi connectivity index (χ3n) is 7.96. The van der Waals surface area contributed by atoms with Crippen LogP contribution in [0.2, 0.25) is 0 Å². The van der Waals surface area contributed by atoms with Crippen LogP contribution < -0.4 is 4.57 Å². The lowest BCUT2D eigenvalue weighted by molar-refractivity contribution is -0.697. The number of aryl methyl sites for hydroxylation is 2. The normalized spacial score (nSPS) is 11.6. The van der Waals surface area contributed by atoms with Gasteiger partial charge in [-0.15, -0.1) is 0 Å². The summed E-state index contributed by atoms with van der Waals surface area (Å²) in [5, 5.41) is 0. The van der Waals surface area contributed by atoms with Gasteiger partial charge in [0.15, 0.2) is 12.4 Å². The monoisotopic (exact) mass is 513 g/mol. The predicted octanol–water partition coefficient (Wildman–Crippen LogP) is 11.9. The second-order valence-electron chi connectivity index (χ2n) is 11.7. The second-order valence-corrected chi connectivity index (χ2v) is 11.7. The average Bonchev–Trinajstić information content (AvgIpc) is 2.92. The van der Waals surface area contributed by atoms with Gasteiger partial charge in [-0.1, -0.05) is 142 Å². The molecule has 0 unspecified atom stereocenters. The number of pyridine rings is 1. The van der Waals surface area contributed by atoms with Crippen molar-refractivity contribution in [1.29, 1.82) is 0 Å². The van der Waals surface area contributed by atoms with E-state index in [2.05, 4.69) is 55.1 Å². The molecule has 0 aliphatic rings. The first-order valence-electron chi connectivity index (χ1n) is 17.0. The lowest BCUT2D eigenvalue weighted by atomic mass is 10.0. The highest BCUT2D eigenvalue weighted by atomic mass is 14.9. The maximum Gasteiger partial charge on any atom is 0.169 e. The van der Waals surface area contributed by atoms with Crippen LogP contribution >= 0.6 is 0 Å². The van der Waals surface area contributed by atoms with E-state index >= 15 is 0 Å². The molecule has 1 aromatic rings. The Morgan fingerprint density at radius 2 is 0.838 bits per heavy atom. The van der Waals surface area contributed by atoms with E-state index in [1.807, 2.05) is 0 Å². The van der Waals surface area contributed by atoms with Crippen LogP contribution in [0, 0.1) is 0 Å². The maximum absolute atomic E-state index is 2.43. The summed E-state index contributed by atoms with van der Waals surface area (Å²) in [5.74, 6) is 0. The van der Waals surface area contributed by atoms with Crippen LogP contribution in [-0.4, -0.2) is 0 Å². The molecule has 0 aliphatic carbocycles. The smallest absolute Gasteiger partial charge is 0.169 e. The van der Waals surface area contributed by atoms with Crippen molar-refractivity contribution in [2.45, 2.75) is 187 Å². The number of rotatable bonds is 28. The number of unbranched alkanes of at least 4 members (excludes halogenated alkanes) is 22. The Hall–Kier alpha value is -1.11.